The number of hydrogen-bond donors (Lipinski definition) is 1. The third-order valence-corrected chi connectivity index (χ3v) is 7.99. The van der Waals surface area contributed by atoms with E-state index in [4.69, 9.17) is 0 Å². The number of carbonyl (C=O) groups excluding carboxylic acids is 1. The fourth-order valence-corrected chi connectivity index (χ4v) is 7.13. The van der Waals surface area contributed by atoms with Gasteiger partial charge in [-0.2, -0.15) is 0 Å². The van der Waals surface area contributed by atoms with Gasteiger partial charge in [-0.1, -0.05) is 19.1 Å². The van der Waals surface area contributed by atoms with E-state index in [9.17, 15) is 14.3 Å². The summed E-state index contributed by atoms with van der Waals surface area (Å²) in [5, 5.41) is 9.59. The molecule has 1 amide bonds. The van der Waals surface area contributed by atoms with Crippen molar-refractivity contribution in [2.45, 2.75) is 57.0 Å². The van der Waals surface area contributed by atoms with Gasteiger partial charge in [0.1, 0.15) is 5.82 Å². The normalized spacial score (nSPS) is 41.3. The third kappa shape index (κ3) is 2.37. The lowest BCUT2D eigenvalue weighted by Crippen LogP contribution is -2.61. The van der Waals surface area contributed by atoms with Crippen LogP contribution in [0.1, 0.15) is 51.0 Å². The molecule has 1 heterocycles. The molecule has 0 aromatic heterocycles. The predicted molar refractivity (Wildman–Crippen MR) is 96.9 cm³/mol. The van der Waals surface area contributed by atoms with Crippen LogP contribution in [0.4, 0.5) is 4.39 Å². The smallest absolute Gasteiger partial charge is 0.223 e. The molecule has 1 aromatic rings. The van der Waals surface area contributed by atoms with E-state index < -0.39 is 0 Å². The van der Waals surface area contributed by atoms with Gasteiger partial charge in [0.25, 0.3) is 0 Å². The molecule has 1 N–H and O–H groups in total. The molecule has 1 saturated heterocycles. The van der Waals surface area contributed by atoms with E-state index in [-0.39, 0.29) is 23.2 Å². The Balaban J connectivity index is 1.53. The quantitative estimate of drug-likeness (QED) is 0.899. The highest BCUT2D eigenvalue weighted by Gasteiger charge is 2.61. The van der Waals surface area contributed by atoms with E-state index in [2.05, 4.69) is 6.92 Å². The summed E-state index contributed by atoms with van der Waals surface area (Å²) in [5.74, 6) is 1.78. The molecule has 4 bridgehead atoms. The van der Waals surface area contributed by atoms with Gasteiger partial charge in [0, 0.05) is 24.9 Å². The Morgan fingerprint density at radius 1 is 1.15 bits per heavy atom. The molecule has 5 aliphatic rings. The molecule has 1 aromatic carbocycles. The standard InChI is InChI=1S/C22H28FNO2/c1-21-8-14-6-16(9-21)22(17(7-14)10-21,15-2-4-18(23)5-3-15)11-20(26)24-12-19(25)13-24/h2-5,14,16-17,19,25H,6-13H2,1H3. The summed E-state index contributed by atoms with van der Waals surface area (Å²) in [6.07, 6.45) is 6.28. The highest BCUT2D eigenvalue weighted by molar-refractivity contribution is 5.79. The highest BCUT2D eigenvalue weighted by atomic mass is 19.1. The zero-order chi connectivity index (χ0) is 18.1. The van der Waals surface area contributed by atoms with E-state index in [1.807, 2.05) is 12.1 Å². The Morgan fingerprint density at radius 2 is 1.77 bits per heavy atom. The number of halogens is 1. The van der Waals surface area contributed by atoms with Crippen LogP contribution in [0.15, 0.2) is 24.3 Å². The summed E-state index contributed by atoms with van der Waals surface area (Å²) in [6.45, 7) is 3.36. The molecule has 2 atom stereocenters. The number of aliphatic hydroxyl groups excluding tert-OH is 1. The van der Waals surface area contributed by atoms with Crippen molar-refractivity contribution in [1.82, 2.24) is 4.90 Å². The van der Waals surface area contributed by atoms with Crippen LogP contribution in [0.2, 0.25) is 0 Å². The highest BCUT2D eigenvalue weighted by Crippen LogP contribution is 2.68. The summed E-state index contributed by atoms with van der Waals surface area (Å²) in [4.78, 5) is 14.8. The minimum atomic E-state index is -0.363. The van der Waals surface area contributed by atoms with Crippen LogP contribution in [0.5, 0.6) is 0 Å². The van der Waals surface area contributed by atoms with Gasteiger partial charge >= 0.3 is 0 Å². The van der Waals surface area contributed by atoms with E-state index in [1.54, 1.807) is 17.0 Å². The Labute approximate surface area is 154 Å². The number of benzene rings is 1. The summed E-state index contributed by atoms with van der Waals surface area (Å²) >= 11 is 0. The first-order valence-corrected chi connectivity index (χ1v) is 10.1. The van der Waals surface area contributed by atoms with Crippen molar-refractivity contribution in [3.8, 4) is 0 Å². The molecule has 6 rings (SSSR count). The van der Waals surface area contributed by atoms with E-state index in [1.165, 1.54) is 32.1 Å². The van der Waals surface area contributed by atoms with Crippen molar-refractivity contribution < 1.29 is 14.3 Å². The van der Waals surface area contributed by atoms with Gasteiger partial charge in [-0.3, -0.25) is 4.79 Å². The van der Waals surface area contributed by atoms with Crippen molar-refractivity contribution in [1.29, 1.82) is 0 Å². The van der Waals surface area contributed by atoms with Crippen LogP contribution in [0.25, 0.3) is 0 Å². The van der Waals surface area contributed by atoms with Crippen LogP contribution in [-0.2, 0) is 10.2 Å². The molecule has 26 heavy (non-hydrogen) atoms. The SMILES string of the molecule is CC12CC3CC(C1)C(CC(=O)N1CC(O)C1)(c1ccc(F)cc1)C(C3)C2. The zero-order valence-electron chi connectivity index (χ0n) is 15.5. The van der Waals surface area contributed by atoms with E-state index in [0.29, 0.717) is 36.8 Å². The Bertz CT molecular complexity index is 708. The third-order valence-electron chi connectivity index (χ3n) is 7.99. The van der Waals surface area contributed by atoms with Crippen molar-refractivity contribution >= 4 is 5.91 Å². The van der Waals surface area contributed by atoms with Gasteiger partial charge in [-0.05, 0) is 73.0 Å². The molecular weight excluding hydrogens is 329 g/mol. The molecule has 2 unspecified atom stereocenters. The summed E-state index contributed by atoms with van der Waals surface area (Å²) in [5.41, 5.74) is 1.43. The Kier molecular flexibility index (Phi) is 3.57. The van der Waals surface area contributed by atoms with Crippen molar-refractivity contribution in [3.05, 3.63) is 35.6 Å². The first-order chi connectivity index (χ1) is 12.4. The molecule has 1 aliphatic heterocycles. The van der Waals surface area contributed by atoms with Crippen LogP contribution in [-0.4, -0.2) is 35.1 Å². The molecule has 0 radical (unpaired) electrons. The maximum absolute atomic E-state index is 13.6. The van der Waals surface area contributed by atoms with Gasteiger partial charge in [-0.15, -0.1) is 0 Å². The maximum atomic E-state index is 13.6. The number of β-amino-alcohol motifs (C(OH)–C–C–N with tert-alkyl or cyclic N) is 1. The average Bonchev–Trinajstić information content (AvgIpc) is 2.54. The molecule has 4 aliphatic carbocycles. The minimum Gasteiger partial charge on any atom is -0.389 e. The fraction of sp³-hybridized carbons (Fsp3) is 0.682. The minimum absolute atomic E-state index is 0.151. The van der Waals surface area contributed by atoms with E-state index >= 15 is 0 Å². The summed E-state index contributed by atoms with van der Waals surface area (Å²) < 4.78 is 13.6. The lowest BCUT2D eigenvalue weighted by molar-refractivity contribution is -0.152. The van der Waals surface area contributed by atoms with Gasteiger partial charge in [-0.25, -0.2) is 4.39 Å². The number of aliphatic hydroxyl groups is 1. The van der Waals surface area contributed by atoms with Gasteiger partial charge < -0.3 is 10.0 Å². The number of rotatable bonds is 3. The predicted octanol–water partition coefficient (Wildman–Crippen LogP) is 3.50. The lowest BCUT2D eigenvalue weighted by atomic mass is 9.39. The largest absolute Gasteiger partial charge is 0.389 e. The zero-order valence-corrected chi connectivity index (χ0v) is 15.5. The van der Waals surface area contributed by atoms with Crippen LogP contribution in [0.3, 0.4) is 0 Å². The molecule has 4 heteroatoms. The maximum Gasteiger partial charge on any atom is 0.223 e. The second kappa shape index (κ2) is 5.54. The first-order valence-electron chi connectivity index (χ1n) is 10.1. The molecule has 5 fully saturated rings. The van der Waals surface area contributed by atoms with Gasteiger partial charge in [0.05, 0.1) is 6.10 Å². The number of hydrogen-bond acceptors (Lipinski definition) is 2. The van der Waals surface area contributed by atoms with E-state index in [0.717, 1.165) is 11.5 Å². The molecule has 4 saturated carbocycles. The van der Waals surface area contributed by atoms with Crippen LogP contribution >= 0.6 is 0 Å². The first kappa shape index (κ1) is 16.7. The molecule has 140 valence electrons. The Morgan fingerprint density at radius 3 is 2.31 bits per heavy atom. The second-order valence-electron chi connectivity index (χ2n) is 9.83. The van der Waals surface area contributed by atoms with Crippen LogP contribution in [0, 0.1) is 29.0 Å². The molecular formula is C22H28FNO2. The number of amides is 1. The summed E-state index contributed by atoms with van der Waals surface area (Å²) in [7, 11) is 0. The average molecular weight is 357 g/mol. The van der Waals surface area contributed by atoms with Crippen molar-refractivity contribution in [2.75, 3.05) is 13.1 Å². The van der Waals surface area contributed by atoms with Gasteiger partial charge in [0.2, 0.25) is 5.91 Å². The lowest BCUT2D eigenvalue weighted by Gasteiger charge is -2.65. The topological polar surface area (TPSA) is 40.5 Å². The number of nitrogens with zero attached hydrogens (tertiary/aromatic N) is 1. The van der Waals surface area contributed by atoms with Gasteiger partial charge in [0.15, 0.2) is 0 Å². The Hall–Kier alpha value is -1.42. The summed E-state index contributed by atoms with van der Waals surface area (Å²) in [6, 6.07) is 6.97. The van der Waals surface area contributed by atoms with Crippen molar-refractivity contribution in [2.24, 2.45) is 23.2 Å². The van der Waals surface area contributed by atoms with Crippen molar-refractivity contribution in [3.63, 3.8) is 0 Å². The second-order valence-corrected chi connectivity index (χ2v) is 9.83. The number of carbonyl (C=O) groups is 1. The molecule has 0 spiro atoms. The van der Waals surface area contributed by atoms with Crippen LogP contribution < -0.4 is 0 Å². The number of likely N-dealkylation sites (tertiary alicyclic amines) is 1. The fourth-order valence-electron chi connectivity index (χ4n) is 7.13. The molecule has 3 nitrogen and oxygen atoms in total. The monoisotopic (exact) mass is 357 g/mol.